The number of allylic oxidation sites excluding steroid dienone is 2. The number of hydrogen-bond acceptors (Lipinski definition) is 0. The van der Waals surface area contributed by atoms with Crippen LogP contribution in [-0.4, -0.2) is 3.26 Å². The van der Waals surface area contributed by atoms with Gasteiger partial charge < -0.3 is 0 Å². The van der Waals surface area contributed by atoms with Crippen LogP contribution in [0.15, 0.2) is 97.1 Å². The molecule has 38 heavy (non-hydrogen) atoms. The molecule has 0 saturated heterocycles. The Morgan fingerprint density at radius 2 is 1.00 bits per heavy atom. The van der Waals surface area contributed by atoms with E-state index in [4.69, 9.17) is 0 Å². The molecular formula is C35H34Cl2Hf. The van der Waals surface area contributed by atoms with Crippen LogP contribution in [0.4, 0.5) is 0 Å². The number of halogens is 2. The average molecular weight is 704 g/mol. The summed E-state index contributed by atoms with van der Waals surface area (Å²) < 4.78 is 2.87. The van der Waals surface area contributed by atoms with Crippen LogP contribution in [0.5, 0.6) is 0 Å². The van der Waals surface area contributed by atoms with Crippen LogP contribution in [0.1, 0.15) is 54.6 Å². The second kappa shape index (κ2) is 11.8. The summed E-state index contributed by atoms with van der Waals surface area (Å²) in [6, 6.07) is 31.8. The van der Waals surface area contributed by atoms with E-state index in [1.54, 1.807) is 14.4 Å². The molecule has 2 aliphatic rings. The Kier molecular flexibility index (Phi) is 8.92. The van der Waals surface area contributed by atoms with Gasteiger partial charge in [-0.25, -0.2) is 0 Å². The van der Waals surface area contributed by atoms with Crippen molar-refractivity contribution in [3.8, 4) is 22.3 Å². The fourth-order valence-corrected chi connectivity index (χ4v) is 18.4. The van der Waals surface area contributed by atoms with E-state index in [0.29, 0.717) is 7.35 Å². The van der Waals surface area contributed by atoms with Crippen molar-refractivity contribution in [2.45, 2.75) is 35.0 Å². The minimum Gasteiger partial charge on any atom is -0.147 e. The van der Waals surface area contributed by atoms with Crippen molar-refractivity contribution in [3.05, 3.63) is 130 Å². The molecule has 0 spiro atoms. The molecule has 0 saturated carbocycles. The predicted octanol–water partition coefficient (Wildman–Crippen LogP) is 10.1. The Balaban J connectivity index is 0.00000168. The molecule has 4 aromatic rings. The fourth-order valence-electron chi connectivity index (χ4n) is 6.16. The third-order valence-corrected chi connectivity index (χ3v) is 20.3. The van der Waals surface area contributed by atoms with E-state index < -0.39 is 21.0 Å². The number of benzene rings is 4. The van der Waals surface area contributed by atoms with Crippen LogP contribution in [0.25, 0.3) is 34.4 Å². The number of aryl methyl sites for hydroxylation is 2. The molecule has 3 heteroatoms. The molecule has 0 N–H and O–H groups in total. The third kappa shape index (κ3) is 5.14. The summed E-state index contributed by atoms with van der Waals surface area (Å²) in [5.41, 5.74) is 14.0. The summed E-state index contributed by atoms with van der Waals surface area (Å²) in [4.78, 5) is 0. The van der Waals surface area contributed by atoms with Crippen LogP contribution >= 0.6 is 24.8 Å². The molecule has 0 bridgehead atoms. The van der Waals surface area contributed by atoms with Crippen molar-refractivity contribution in [1.29, 1.82) is 0 Å². The molecule has 2 atom stereocenters. The maximum atomic E-state index is 2.55. The Labute approximate surface area is 247 Å². The third-order valence-electron chi connectivity index (χ3n) is 7.77. The smallest absolute Gasteiger partial charge is 0.147 e. The summed E-state index contributed by atoms with van der Waals surface area (Å²) in [7, 11) is 0. The van der Waals surface area contributed by atoms with Gasteiger partial charge in [0.1, 0.15) is 0 Å². The standard InChI is InChI=1S/2C16H13.C3H6.2ClH.Hf/c2*1-12-5-2-8-14(11-12)16-10-4-7-13-6-3-9-15(13)16;1-3-2;;;/h2*2-11H,1H3;1-2H3;2*1H;. The van der Waals surface area contributed by atoms with E-state index in [1.807, 2.05) is 0 Å². The summed E-state index contributed by atoms with van der Waals surface area (Å²) >= 11 is -2.36. The Bertz CT molecular complexity index is 1470. The van der Waals surface area contributed by atoms with Crippen molar-refractivity contribution in [2.24, 2.45) is 0 Å². The first-order valence-corrected chi connectivity index (χ1v) is 18.9. The van der Waals surface area contributed by atoms with Crippen molar-refractivity contribution in [3.63, 3.8) is 0 Å². The van der Waals surface area contributed by atoms with E-state index >= 15 is 0 Å². The first kappa shape index (κ1) is 28.7. The van der Waals surface area contributed by atoms with Gasteiger partial charge in [0.05, 0.1) is 0 Å². The van der Waals surface area contributed by atoms with Crippen molar-refractivity contribution >= 4 is 40.2 Å². The predicted molar refractivity (Wildman–Crippen MR) is 168 cm³/mol. The normalized spacial score (nSPS) is 16.3. The zero-order valence-corrected chi connectivity index (χ0v) is 27.6. The number of hydrogen-bond donors (Lipinski definition) is 0. The van der Waals surface area contributed by atoms with Crippen LogP contribution in [0, 0.1) is 13.8 Å². The van der Waals surface area contributed by atoms with Crippen molar-refractivity contribution in [2.75, 3.05) is 0 Å². The fraction of sp³-hybridized carbons (Fsp3) is 0.171. The van der Waals surface area contributed by atoms with Gasteiger partial charge in [0.15, 0.2) is 0 Å². The average Bonchev–Trinajstić information content (AvgIpc) is 3.49. The molecule has 2 unspecified atom stereocenters. The maximum absolute atomic E-state index is 2.55. The summed E-state index contributed by atoms with van der Waals surface area (Å²) in [5.74, 6) is 0. The maximum Gasteiger partial charge on any atom is -0.147 e. The van der Waals surface area contributed by atoms with E-state index in [-0.39, 0.29) is 24.8 Å². The zero-order valence-electron chi connectivity index (χ0n) is 22.4. The molecule has 0 aromatic heterocycles. The first-order chi connectivity index (χ1) is 17.5. The van der Waals surface area contributed by atoms with Gasteiger partial charge in [-0.3, -0.25) is 0 Å². The molecule has 4 aromatic carbocycles. The summed E-state index contributed by atoms with van der Waals surface area (Å²) in [6.07, 6.45) is 9.95. The number of rotatable bonds is 4. The summed E-state index contributed by atoms with van der Waals surface area (Å²) in [5, 5.41) is 0. The minimum atomic E-state index is -2.36. The molecule has 0 amide bonds. The SMILES string of the molecule is C[C](C)=[Hf]([CH]1C=Cc2c(-c3cccc(C)c3)cccc21)[CH]1C=Cc2c(-c3cccc(C)c3)cccc21.Cl.Cl. The minimum absolute atomic E-state index is 0. The molecule has 2 aliphatic carbocycles. The van der Waals surface area contributed by atoms with Crippen molar-refractivity contribution in [1.82, 2.24) is 0 Å². The molecule has 0 aliphatic heterocycles. The second-order valence-corrected chi connectivity index (χ2v) is 21.8. The van der Waals surface area contributed by atoms with E-state index in [9.17, 15) is 0 Å². The van der Waals surface area contributed by atoms with Crippen LogP contribution in [-0.2, 0) is 21.0 Å². The van der Waals surface area contributed by atoms with Crippen LogP contribution in [0.2, 0.25) is 0 Å². The first-order valence-electron chi connectivity index (χ1n) is 12.9. The van der Waals surface area contributed by atoms with Crippen LogP contribution < -0.4 is 0 Å². The van der Waals surface area contributed by atoms with Crippen LogP contribution in [0.3, 0.4) is 0 Å². The summed E-state index contributed by atoms with van der Waals surface area (Å²) in [6.45, 7) is 9.19. The molecule has 0 radical (unpaired) electrons. The monoisotopic (exact) mass is 704 g/mol. The quantitative estimate of drug-likeness (QED) is 0.186. The molecule has 0 heterocycles. The van der Waals surface area contributed by atoms with Crippen molar-refractivity contribution < 1.29 is 21.0 Å². The van der Waals surface area contributed by atoms with E-state index in [2.05, 4.69) is 137 Å². The van der Waals surface area contributed by atoms with E-state index in [0.717, 1.165) is 0 Å². The van der Waals surface area contributed by atoms with Gasteiger partial charge in [0.2, 0.25) is 0 Å². The van der Waals surface area contributed by atoms with Gasteiger partial charge in [-0.1, -0.05) is 0 Å². The largest absolute Gasteiger partial charge is 0.147 e. The zero-order chi connectivity index (χ0) is 24.8. The molecular weight excluding hydrogens is 670 g/mol. The molecule has 192 valence electrons. The van der Waals surface area contributed by atoms with Gasteiger partial charge in [0, 0.05) is 0 Å². The van der Waals surface area contributed by atoms with Gasteiger partial charge in [-0.2, -0.15) is 0 Å². The number of fused-ring (bicyclic) bond motifs is 2. The second-order valence-electron chi connectivity index (χ2n) is 10.5. The van der Waals surface area contributed by atoms with Gasteiger partial charge in [-0.05, 0) is 0 Å². The van der Waals surface area contributed by atoms with Gasteiger partial charge >= 0.3 is 224 Å². The Hall–Kier alpha value is -2.32. The Morgan fingerprint density at radius 1 is 0.579 bits per heavy atom. The molecule has 0 nitrogen and oxygen atoms in total. The van der Waals surface area contributed by atoms with E-state index in [1.165, 1.54) is 44.5 Å². The molecule has 0 fully saturated rings. The molecule has 6 rings (SSSR count). The Morgan fingerprint density at radius 3 is 1.39 bits per heavy atom. The van der Waals surface area contributed by atoms with Gasteiger partial charge in [-0.15, -0.1) is 24.8 Å². The van der Waals surface area contributed by atoms with Gasteiger partial charge in [0.25, 0.3) is 0 Å². The topological polar surface area (TPSA) is 0 Å².